The Morgan fingerprint density at radius 2 is 2.21 bits per heavy atom. The molecule has 1 rings (SSSR count). The van der Waals surface area contributed by atoms with Crippen molar-refractivity contribution in [1.82, 2.24) is 4.98 Å². The molecule has 7 heteroatoms. The summed E-state index contributed by atoms with van der Waals surface area (Å²) >= 11 is 0. The molecule has 0 bridgehead atoms. The second-order valence-electron chi connectivity index (χ2n) is 2.80. The third-order valence-electron chi connectivity index (χ3n) is 1.49. The van der Waals surface area contributed by atoms with Gasteiger partial charge >= 0.3 is 6.18 Å². The Morgan fingerprint density at radius 1 is 1.57 bits per heavy atom. The summed E-state index contributed by atoms with van der Waals surface area (Å²) in [4.78, 5) is 4.62. The van der Waals surface area contributed by atoms with Crippen LogP contribution in [0, 0.1) is 0 Å². The van der Waals surface area contributed by atoms with E-state index in [9.17, 15) is 13.2 Å². The van der Waals surface area contributed by atoms with E-state index in [1.807, 2.05) is 0 Å². The van der Waals surface area contributed by atoms with Gasteiger partial charge in [0.05, 0.1) is 5.69 Å². The molecule has 1 aromatic heterocycles. The highest BCUT2D eigenvalue weighted by Gasteiger charge is 2.30. The lowest BCUT2D eigenvalue weighted by Gasteiger charge is -2.15. The fourth-order valence-electron chi connectivity index (χ4n) is 0.902. The fourth-order valence-corrected chi connectivity index (χ4v) is 0.902. The lowest BCUT2D eigenvalue weighted by atomic mass is 10.5. The SMILES string of the molecule is CN(CC(F)(F)F)c1nc(CN)co1. The summed E-state index contributed by atoms with van der Waals surface area (Å²) in [5.41, 5.74) is 5.65. The minimum Gasteiger partial charge on any atom is -0.432 e. The van der Waals surface area contributed by atoms with E-state index >= 15 is 0 Å². The van der Waals surface area contributed by atoms with Gasteiger partial charge in [0.1, 0.15) is 12.8 Å². The maximum Gasteiger partial charge on any atom is 0.406 e. The first-order chi connectivity index (χ1) is 6.42. The Labute approximate surface area is 78.5 Å². The third kappa shape index (κ3) is 2.91. The van der Waals surface area contributed by atoms with Gasteiger partial charge in [-0.1, -0.05) is 0 Å². The molecule has 0 aromatic carbocycles. The smallest absolute Gasteiger partial charge is 0.406 e. The molecule has 0 aliphatic carbocycles. The molecule has 0 saturated heterocycles. The highest BCUT2D eigenvalue weighted by molar-refractivity contribution is 5.25. The van der Waals surface area contributed by atoms with Crippen molar-refractivity contribution in [3.63, 3.8) is 0 Å². The summed E-state index contributed by atoms with van der Waals surface area (Å²) in [6, 6.07) is -0.0808. The van der Waals surface area contributed by atoms with E-state index < -0.39 is 12.7 Å². The van der Waals surface area contributed by atoms with Crippen LogP contribution in [0.1, 0.15) is 5.69 Å². The van der Waals surface area contributed by atoms with Gasteiger partial charge in [-0.25, -0.2) is 0 Å². The lowest BCUT2D eigenvalue weighted by molar-refractivity contribution is -0.119. The van der Waals surface area contributed by atoms with Gasteiger partial charge in [-0.05, 0) is 0 Å². The number of oxazole rings is 1. The Kier molecular flexibility index (Phi) is 3.00. The number of hydrogen-bond acceptors (Lipinski definition) is 4. The molecule has 0 atom stereocenters. The highest BCUT2D eigenvalue weighted by atomic mass is 19.4. The van der Waals surface area contributed by atoms with Crippen LogP contribution in [0.25, 0.3) is 0 Å². The van der Waals surface area contributed by atoms with Crippen LogP contribution in [0.2, 0.25) is 0 Å². The van der Waals surface area contributed by atoms with Crippen LogP contribution in [0.3, 0.4) is 0 Å². The minimum absolute atomic E-state index is 0.0808. The zero-order chi connectivity index (χ0) is 10.8. The van der Waals surface area contributed by atoms with Crippen molar-refractivity contribution in [3.05, 3.63) is 12.0 Å². The molecule has 2 N–H and O–H groups in total. The zero-order valence-corrected chi connectivity index (χ0v) is 7.51. The summed E-state index contributed by atoms with van der Waals surface area (Å²) < 4.78 is 40.6. The predicted octanol–water partition coefficient (Wildman–Crippen LogP) is 1.13. The molecule has 0 aliphatic heterocycles. The maximum absolute atomic E-state index is 11.9. The van der Waals surface area contributed by atoms with Crippen molar-refractivity contribution in [2.45, 2.75) is 12.7 Å². The number of aromatic nitrogens is 1. The van der Waals surface area contributed by atoms with Gasteiger partial charge in [0.15, 0.2) is 0 Å². The van der Waals surface area contributed by atoms with Crippen molar-refractivity contribution >= 4 is 6.01 Å². The summed E-state index contributed by atoms with van der Waals surface area (Å²) in [6.07, 6.45) is -3.03. The lowest BCUT2D eigenvalue weighted by Crippen LogP contribution is -2.31. The van der Waals surface area contributed by atoms with E-state index in [1.165, 1.54) is 13.3 Å². The van der Waals surface area contributed by atoms with Gasteiger partial charge < -0.3 is 15.1 Å². The quantitative estimate of drug-likeness (QED) is 0.810. The van der Waals surface area contributed by atoms with E-state index in [2.05, 4.69) is 4.98 Å². The van der Waals surface area contributed by atoms with Crippen LogP contribution < -0.4 is 10.6 Å². The first kappa shape index (κ1) is 10.8. The van der Waals surface area contributed by atoms with Crippen LogP contribution in [0.4, 0.5) is 19.2 Å². The second kappa shape index (κ2) is 3.87. The van der Waals surface area contributed by atoms with Gasteiger partial charge in [-0.2, -0.15) is 18.2 Å². The normalized spacial score (nSPS) is 11.8. The van der Waals surface area contributed by atoms with Gasteiger partial charge in [-0.15, -0.1) is 0 Å². The zero-order valence-electron chi connectivity index (χ0n) is 7.51. The van der Waals surface area contributed by atoms with Crippen LogP contribution in [-0.4, -0.2) is 24.8 Å². The first-order valence-corrected chi connectivity index (χ1v) is 3.85. The number of hydrogen-bond donors (Lipinski definition) is 1. The molecule has 0 fully saturated rings. The van der Waals surface area contributed by atoms with Gasteiger partial charge in [0.2, 0.25) is 0 Å². The van der Waals surface area contributed by atoms with Crippen LogP contribution in [0.15, 0.2) is 10.7 Å². The maximum atomic E-state index is 11.9. The van der Waals surface area contributed by atoms with Gasteiger partial charge in [0.25, 0.3) is 6.01 Å². The Balaban J connectivity index is 2.65. The van der Waals surface area contributed by atoms with Crippen LogP contribution in [0.5, 0.6) is 0 Å². The van der Waals surface area contributed by atoms with Gasteiger partial charge in [-0.3, -0.25) is 0 Å². The van der Waals surface area contributed by atoms with E-state index in [0.717, 1.165) is 4.90 Å². The van der Waals surface area contributed by atoms with Crippen molar-refractivity contribution in [2.75, 3.05) is 18.5 Å². The number of anilines is 1. The van der Waals surface area contributed by atoms with Crippen molar-refractivity contribution in [3.8, 4) is 0 Å². The Morgan fingerprint density at radius 3 is 2.64 bits per heavy atom. The molecule has 0 amide bonds. The monoisotopic (exact) mass is 209 g/mol. The summed E-state index contributed by atoms with van der Waals surface area (Å²) in [7, 11) is 1.25. The summed E-state index contributed by atoms with van der Waals surface area (Å²) in [6.45, 7) is -0.957. The molecule has 4 nitrogen and oxygen atoms in total. The molecular formula is C7H10F3N3O. The Bertz CT molecular complexity index is 297. The van der Waals surface area contributed by atoms with Crippen molar-refractivity contribution < 1.29 is 17.6 Å². The predicted molar refractivity (Wildman–Crippen MR) is 43.7 cm³/mol. The molecule has 0 aliphatic rings. The van der Waals surface area contributed by atoms with E-state index in [0.29, 0.717) is 5.69 Å². The molecule has 0 spiro atoms. The van der Waals surface area contributed by atoms with Crippen LogP contribution in [-0.2, 0) is 6.54 Å². The third-order valence-corrected chi connectivity index (χ3v) is 1.49. The fraction of sp³-hybridized carbons (Fsp3) is 0.571. The number of halogens is 3. The highest BCUT2D eigenvalue weighted by Crippen LogP contribution is 2.19. The van der Waals surface area contributed by atoms with Gasteiger partial charge in [0, 0.05) is 13.6 Å². The molecule has 14 heavy (non-hydrogen) atoms. The number of nitrogens with two attached hydrogens (primary N) is 1. The molecule has 1 aromatic rings. The molecule has 1 heterocycles. The molecular weight excluding hydrogens is 199 g/mol. The minimum atomic E-state index is -4.27. The largest absolute Gasteiger partial charge is 0.432 e. The molecule has 0 radical (unpaired) electrons. The number of nitrogens with zero attached hydrogens (tertiary/aromatic N) is 2. The average molecular weight is 209 g/mol. The van der Waals surface area contributed by atoms with E-state index in [-0.39, 0.29) is 12.6 Å². The standard InChI is InChI=1S/C7H10F3N3O/c1-13(4-7(8,9)10)6-12-5(2-11)3-14-6/h3H,2,4,11H2,1H3. The second-order valence-corrected chi connectivity index (χ2v) is 2.80. The van der Waals surface area contributed by atoms with Crippen LogP contribution >= 0.6 is 0 Å². The Hall–Kier alpha value is -1.24. The molecule has 80 valence electrons. The first-order valence-electron chi connectivity index (χ1n) is 3.85. The molecule has 0 unspecified atom stereocenters. The number of rotatable bonds is 3. The number of alkyl halides is 3. The summed E-state index contributed by atoms with van der Waals surface area (Å²) in [5.74, 6) is 0. The van der Waals surface area contributed by atoms with Crippen molar-refractivity contribution in [2.24, 2.45) is 5.73 Å². The topological polar surface area (TPSA) is 55.3 Å². The van der Waals surface area contributed by atoms with E-state index in [1.54, 1.807) is 0 Å². The molecule has 0 saturated carbocycles. The van der Waals surface area contributed by atoms with Crippen molar-refractivity contribution in [1.29, 1.82) is 0 Å². The summed E-state index contributed by atoms with van der Waals surface area (Å²) in [5, 5.41) is 0. The average Bonchev–Trinajstić information content (AvgIpc) is 2.48. The van der Waals surface area contributed by atoms with E-state index in [4.69, 9.17) is 10.2 Å².